The highest BCUT2D eigenvalue weighted by molar-refractivity contribution is 7.60. The summed E-state index contributed by atoms with van der Waals surface area (Å²) < 4.78 is 11.0. The second-order valence-electron chi connectivity index (χ2n) is 15.8. The lowest BCUT2D eigenvalue weighted by atomic mass is 9.96. The molecule has 3 N–H and O–H groups in total. The largest absolute Gasteiger partial charge is 0.453 e. The van der Waals surface area contributed by atoms with E-state index in [2.05, 4.69) is 46.0 Å². The molecule has 3 aliphatic rings. The molecule has 0 aliphatic carbocycles. The van der Waals surface area contributed by atoms with E-state index in [0.29, 0.717) is 13.1 Å². The van der Waals surface area contributed by atoms with E-state index in [-0.39, 0.29) is 115 Å². The summed E-state index contributed by atoms with van der Waals surface area (Å²) in [5.41, 5.74) is 4.99. The molecule has 324 valence electrons. The van der Waals surface area contributed by atoms with Crippen LogP contribution in [-0.2, 0) is 19.1 Å². The molecular formula is C42H61N7O5S5. The van der Waals surface area contributed by atoms with Crippen LogP contribution >= 0.6 is 67.5 Å². The van der Waals surface area contributed by atoms with Gasteiger partial charge in [0, 0.05) is 36.6 Å². The number of benzene rings is 2. The monoisotopic (exact) mass is 903 g/mol. The number of ether oxygens (including phenoxy) is 2. The predicted octanol–water partition coefficient (Wildman–Crippen LogP) is 7.08. The summed E-state index contributed by atoms with van der Waals surface area (Å²) in [4.78, 5) is 59.5. The zero-order valence-electron chi connectivity index (χ0n) is 34.6. The molecule has 5 atom stereocenters. The number of rotatable bonds is 8. The minimum atomic E-state index is -0.682. The Bertz CT molecular complexity index is 2090. The molecule has 17 heteroatoms. The molecule has 0 bridgehead atoms. The maximum atomic E-state index is 13.6. The minimum absolute atomic E-state index is 0. The van der Waals surface area contributed by atoms with E-state index in [4.69, 9.17) is 14.5 Å². The van der Waals surface area contributed by atoms with Crippen molar-refractivity contribution in [3.8, 4) is 23.1 Å². The summed E-state index contributed by atoms with van der Waals surface area (Å²) in [6.45, 7) is 12.0. The first kappa shape index (κ1) is 51.7. The normalized spacial score (nSPS) is 20.3. The van der Waals surface area contributed by atoms with Crippen molar-refractivity contribution in [3.63, 3.8) is 0 Å². The Kier molecular flexibility index (Phi) is 19.2. The number of hydrogen-bond donors (Lipinski definition) is 3. The van der Waals surface area contributed by atoms with Gasteiger partial charge in [0.15, 0.2) is 0 Å². The average molecular weight is 904 g/mol. The number of amides is 3. The van der Waals surface area contributed by atoms with Crippen molar-refractivity contribution in [3.05, 3.63) is 71.4 Å². The molecule has 0 unspecified atom stereocenters. The summed E-state index contributed by atoms with van der Waals surface area (Å²) in [6.07, 6.45) is 5.55. The van der Waals surface area contributed by atoms with Gasteiger partial charge in [0.1, 0.15) is 17.7 Å². The first-order valence-corrected chi connectivity index (χ1v) is 19.2. The quantitative estimate of drug-likeness (QED) is 0.161. The van der Waals surface area contributed by atoms with Crippen LogP contribution in [0.25, 0.3) is 22.3 Å². The molecule has 59 heavy (non-hydrogen) atoms. The van der Waals surface area contributed by atoms with Crippen LogP contribution in [0.3, 0.4) is 0 Å². The Balaban J connectivity index is 0.00000240. The zero-order chi connectivity index (χ0) is 38.1. The number of H-pyrrole nitrogens is 2. The van der Waals surface area contributed by atoms with E-state index in [1.54, 1.807) is 6.20 Å². The Labute approximate surface area is 382 Å². The Morgan fingerprint density at radius 2 is 1.56 bits per heavy atom. The molecule has 5 heterocycles. The number of nitrogens with one attached hydrogen (secondary N) is 3. The highest BCUT2D eigenvalue weighted by Crippen LogP contribution is 2.45. The molecule has 4 aromatic rings. The number of likely N-dealkylation sites (tertiary alicyclic amines) is 2. The molecule has 2 aromatic heterocycles. The first-order chi connectivity index (χ1) is 25.9. The number of alkyl carbamates (subject to hydrolysis) is 1. The van der Waals surface area contributed by atoms with Gasteiger partial charge in [-0.3, -0.25) is 9.59 Å². The molecule has 3 amide bonds. The number of carbonyl (C=O) groups is 3. The van der Waals surface area contributed by atoms with Gasteiger partial charge < -0.3 is 34.6 Å². The van der Waals surface area contributed by atoms with Gasteiger partial charge in [-0.2, -0.15) is 67.5 Å². The average Bonchev–Trinajstić information content (AvgIpc) is 4.02. The van der Waals surface area contributed by atoms with Crippen molar-refractivity contribution in [2.45, 2.75) is 90.4 Å². The number of methoxy groups -OCH3 is 1. The van der Waals surface area contributed by atoms with Crippen molar-refractivity contribution in [2.75, 3.05) is 26.8 Å². The number of carbonyl (C=O) groups excluding carboxylic acids is 3. The zero-order valence-corrected chi connectivity index (χ0v) is 39.6. The van der Waals surface area contributed by atoms with Gasteiger partial charge in [-0.15, -0.1) is 0 Å². The Morgan fingerprint density at radius 3 is 2.20 bits per heavy atom. The topological polar surface area (TPSA) is 146 Å². The SMILES string of the molecule is COC(=O)N[C@H](C(=O)N1CCC[C@H]1c1ncc(-c2ccc(C#Cc3ccc4nc([C@@H]5C[C@@]6(CCCO6)CN5C(=O)[C@@H](C)C(C)C)[nH]c4c3)cc2)[nH]1)C(C)C.S.S.S.S.S. The maximum absolute atomic E-state index is 13.6. The molecule has 0 radical (unpaired) electrons. The van der Waals surface area contributed by atoms with Crippen LogP contribution in [0.5, 0.6) is 0 Å². The van der Waals surface area contributed by atoms with Crippen molar-refractivity contribution in [1.82, 2.24) is 35.1 Å². The van der Waals surface area contributed by atoms with Crippen LogP contribution in [0.15, 0.2) is 48.7 Å². The minimum Gasteiger partial charge on any atom is -0.453 e. The summed E-state index contributed by atoms with van der Waals surface area (Å²) in [5.74, 6) is 8.20. The van der Waals surface area contributed by atoms with Gasteiger partial charge in [0.05, 0.1) is 54.3 Å². The van der Waals surface area contributed by atoms with Crippen LogP contribution in [-0.4, -0.2) is 86.1 Å². The highest BCUT2D eigenvalue weighted by Gasteiger charge is 2.50. The fourth-order valence-electron chi connectivity index (χ4n) is 8.00. The molecule has 12 nitrogen and oxygen atoms in total. The number of hydrogen-bond acceptors (Lipinski definition) is 7. The molecule has 7 rings (SSSR count). The first-order valence-electron chi connectivity index (χ1n) is 19.2. The number of aromatic amines is 2. The van der Waals surface area contributed by atoms with Gasteiger partial charge in [0.25, 0.3) is 0 Å². The fraction of sp³-hybridized carbons (Fsp3) is 0.500. The summed E-state index contributed by atoms with van der Waals surface area (Å²) >= 11 is 0. The van der Waals surface area contributed by atoms with E-state index in [0.717, 1.165) is 83.8 Å². The summed E-state index contributed by atoms with van der Waals surface area (Å²) in [5, 5.41) is 2.70. The van der Waals surface area contributed by atoms with Crippen LogP contribution in [0.1, 0.15) is 102 Å². The molecule has 1 spiro atoms. The van der Waals surface area contributed by atoms with E-state index in [1.807, 2.05) is 73.0 Å². The molecule has 2 aromatic carbocycles. The maximum Gasteiger partial charge on any atom is 0.407 e. The van der Waals surface area contributed by atoms with Gasteiger partial charge in [0.2, 0.25) is 11.8 Å². The van der Waals surface area contributed by atoms with Gasteiger partial charge in [-0.05, 0) is 73.4 Å². The predicted molar refractivity (Wildman–Crippen MR) is 257 cm³/mol. The van der Waals surface area contributed by atoms with E-state index < -0.39 is 12.1 Å². The lowest BCUT2D eigenvalue weighted by Gasteiger charge is -2.30. The van der Waals surface area contributed by atoms with Crippen molar-refractivity contribution in [2.24, 2.45) is 17.8 Å². The number of imidazole rings is 2. The van der Waals surface area contributed by atoms with Crippen LogP contribution in [0.4, 0.5) is 4.79 Å². The number of nitrogens with zero attached hydrogens (tertiary/aromatic N) is 4. The Morgan fingerprint density at radius 1 is 0.864 bits per heavy atom. The highest BCUT2D eigenvalue weighted by atomic mass is 32.1. The second-order valence-corrected chi connectivity index (χ2v) is 15.8. The van der Waals surface area contributed by atoms with Gasteiger partial charge >= 0.3 is 6.09 Å². The molecule has 3 fully saturated rings. The Hall–Kier alpha value is -3.40. The van der Waals surface area contributed by atoms with E-state index in [1.165, 1.54) is 7.11 Å². The molecule has 3 aliphatic heterocycles. The fourth-order valence-corrected chi connectivity index (χ4v) is 8.00. The summed E-state index contributed by atoms with van der Waals surface area (Å²) in [6, 6.07) is 12.9. The smallest absolute Gasteiger partial charge is 0.407 e. The lowest BCUT2D eigenvalue weighted by Crippen LogP contribution is -2.51. The molecule has 3 saturated heterocycles. The second kappa shape index (κ2) is 21.9. The van der Waals surface area contributed by atoms with Crippen molar-refractivity contribution < 1.29 is 23.9 Å². The van der Waals surface area contributed by atoms with Crippen molar-refractivity contribution >= 4 is 96.4 Å². The summed E-state index contributed by atoms with van der Waals surface area (Å²) in [7, 11) is 1.29. The molecular weight excluding hydrogens is 843 g/mol. The van der Waals surface area contributed by atoms with Crippen LogP contribution in [0.2, 0.25) is 0 Å². The third-order valence-electron chi connectivity index (χ3n) is 11.5. The standard InChI is InChI=1S/C42H51N7O5.5H2S/c1-25(2)27(5)39(50)49-24-42(18-8-20-54-42)22-35(49)38-44-31-17-14-29(21-32(31)45-38)11-10-28-12-15-30(16-13-28)33-23-43-37(46-33)34-9-7-19-48(34)40(51)36(26(3)4)47-41(52)53-6;;;;;/h12-17,21,23,25-27,34-36H,7-9,18-20,22,24H2,1-6H3,(H,43,46)(H,44,45)(H,47,52);5*1H2/t27-,34-,35-,36-,42-;;;;;/m0...../s1. The third kappa shape index (κ3) is 11.1. The molecule has 0 saturated carbocycles. The van der Waals surface area contributed by atoms with Crippen LogP contribution < -0.4 is 5.32 Å². The van der Waals surface area contributed by atoms with E-state index >= 15 is 0 Å². The van der Waals surface area contributed by atoms with Gasteiger partial charge in [-0.25, -0.2) is 14.8 Å². The number of aromatic nitrogens is 4. The van der Waals surface area contributed by atoms with Crippen molar-refractivity contribution in [1.29, 1.82) is 0 Å². The third-order valence-corrected chi connectivity index (χ3v) is 11.5. The lowest BCUT2D eigenvalue weighted by molar-refractivity contribution is -0.138. The van der Waals surface area contributed by atoms with Crippen LogP contribution in [0, 0.1) is 29.6 Å². The van der Waals surface area contributed by atoms with Gasteiger partial charge in [-0.1, -0.05) is 58.6 Å². The van der Waals surface area contributed by atoms with E-state index in [9.17, 15) is 14.4 Å². The number of fused-ring (bicyclic) bond motifs is 1.